The number of nitrogens with zero attached hydrogens (tertiary/aromatic N) is 1. The van der Waals surface area contributed by atoms with Gasteiger partial charge < -0.3 is 14.8 Å². The highest BCUT2D eigenvalue weighted by Crippen LogP contribution is 2.34. The lowest BCUT2D eigenvalue weighted by Gasteiger charge is -2.35. The fourth-order valence-corrected chi connectivity index (χ4v) is 4.71. The molecule has 27 heavy (non-hydrogen) atoms. The summed E-state index contributed by atoms with van der Waals surface area (Å²) in [6.07, 6.45) is 0. The first-order valence-corrected chi connectivity index (χ1v) is 9.61. The van der Waals surface area contributed by atoms with E-state index in [1.807, 2.05) is 0 Å². The fraction of sp³-hybridized carbons (Fsp3) is 0.333. The van der Waals surface area contributed by atoms with Crippen LogP contribution in [0.5, 0.6) is 11.5 Å². The number of halogens is 2. The van der Waals surface area contributed by atoms with Crippen molar-refractivity contribution in [1.82, 2.24) is 9.62 Å². The van der Waals surface area contributed by atoms with Crippen LogP contribution in [0.4, 0.5) is 4.39 Å². The molecule has 1 aliphatic heterocycles. The Morgan fingerprint density at radius 2 is 1.85 bits per heavy atom. The number of sulfonamides is 1. The summed E-state index contributed by atoms with van der Waals surface area (Å²) in [6.45, 7) is 1.23. The van der Waals surface area contributed by atoms with Gasteiger partial charge in [-0.2, -0.15) is 4.31 Å². The molecule has 1 heterocycles. The number of ether oxygens (including phenoxy) is 2. The molecule has 9 heteroatoms. The van der Waals surface area contributed by atoms with Crippen molar-refractivity contribution >= 4 is 22.4 Å². The van der Waals surface area contributed by atoms with Crippen LogP contribution in [0.2, 0.25) is 0 Å². The summed E-state index contributed by atoms with van der Waals surface area (Å²) in [7, 11) is -0.853. The summed E-state index contributed by atoms with van der Waals surface area (Å²) in [5, 5.41) is 3.17. The number of methoxy groups -OCH3 is 2. The van der Waals surface area contributed by atoms with Crippen LogP contribution < -0.4 is 14.8 Å². The molecule has 1 saturated heterocycles. The van der Waals surface area contributed by atoms with Crippen molar-refractivity contribution < 1.29 is 22.3 Å². The van der Waals surface area contributed by atoms with Crippen LogP contribution in [0.3, 0.4) is 0 Å². The van der Waals surface area contributed by atoms with E-state index in [0.717, 1.165) is 0 Å². The predicted molar refractivity (Wildman–Crippen MR) is 103 cm³/mol. The molecule has 1 N–H and O–H groups in total. The Bertz CT molecular complexity index is 895. The van der Waals surface area contributed by atoms with Gasteiger partial charge in [0.1, 0.15) is 5.82 Å². The summed E-state index contributed by atoms with van der Waals surface area (Å²) in [5.41, 5.74) is 0.612. The maximum atomic E-state index is 13.6. The van der Waals surface area contributed by atoms with Gasteiger partial charge in [-0.05, 0) is 29.8 Å². The molecule has 0 spiro atoms. The highest BCUT2D eigenvalue weighted by Gasteiger charge is 2.35. The average Bonchev–Trinajstić information content (AvgIpc) is 2.67. The summed E-state index contributed by atoms with van der Waals surface area (Å²) in [5.74, 6) is 0.399. The first kappa shape index (κ1) is 21.4. The van der Waals surface area contributed by atoms with Gasteiger partial charge in [-0.25, -0.2) is 12.8 Å². The highest BCUT2D eigenvalue weighted by atomic mass is 35.5. The Hall–Kier alpha value is -1.87. The maximum absolute atomic E-state index is 13.6. The number of benzene rings is 2. The van der Waals surface area contributed by atoms with Crippen LogP contribution in [0, 0.1) is 5.82 Å². The van der Waals surface area contributed by atoms with Crippen LogP contribution in [-0.2, 0) is 10.0 Å². The summed E-state index contributed by atoms with van der Waals surface area (Å²) >= 11 is 0. The van der Waals surface area contributed by atoms with Gasteiger partial charge in [0.05, 0.1) is 25.2 Å². The van der Waals surface area contributed by atoms with Crippen LogP contribution in [0.15, 0.2) is 47.4 Å². The average molecular weight is 417 g/mol. The van der Waals surface area contributed by atoms with Crippen molar-refractivity contribution in [3.63, 3.8) is 0 Å². The topological polar surface area (TPSA) is 67.9 Å². The minimum Gasteiger partial charge on any atom is -0.493 e. The lowest BCUT2D eigenvalue weighted by Crippen LogP contribution is -2.48. The van der Waals surface area contributed by atoms with E-state index in [0.29, 0.717) is 30.2 Å². The van der Waals surface area contributed by atoms with Crippen molar-refractivity contribution in [2.75, 3.05) is 33.9 Å². The number of hydrogen-bond donors (Lipinski definition) is 1. The van der Waals surface area contributed by atoms with Crippen molar-refractivity contribution in [2.45, 2.75) is 10.9 Å². The number of nitrogens with one attached hydrogen (secondary N) is 1. The van der Waals surface area contributed by atoms with Crippen LogP contribution in [-0.4, -0.2) is 46.6 Å². The second-order valence-corrected chi connectivity index (χ2v) is 7.80. The van der Waals surface area contributed by atoms with Gasteiger partial charge in [0.25, 0.3) is 0 Å². The molecule has 0 saturated carbocycles. The van der Waals surface area contributed by atoms with Gasteiger partial charge in [0.2, 0.25) is 10.0 Å². The Morgan fingerprint density at radius 3 is 2.52 bits per heavy atom. The van der Waals surface area contributed by atoms with Crippen LogP contribution in [0.25, 0.3) is 0 Å². The zero-order valence-corrected chi connectivity index (χ0v) is 16.6. The van der Waals surface area contributed by atoms with Gasteiger partial charge in [-0.15, -0.1) is 12.4 Å². The third-order valence-corrected chi connectivity index (χ3v) is 6.29. The molecule has 1 aliphatic rings. The normalized spacial score (nSPS) is 17.8. The molecular formula is C18H22ClFN2O4S. The lowest BCUT2D eigenvalue weighted by molar-refractivity contribution is 0.271. The van der Waals surface area contributed by atoms with E-state index in [-0.39, 0.29) is 23.8 Å². The van der Waals surface area contributed by atoms with Crippen molar-refractivity contribution in [3.05, 3.63) is 53.8 Å². The third kappa shape index (κ3) is 4.35. The van der Waals surface area contributed by atoms with E-state index in [2.05, 4.69) is 5.32 Å². The van der Waals surface area contributed by atoms with Gasteiger partial charge >= 0.3 is 0 Å². The zero-order chi connectivity index (χ0) is 18.7. The largest absolute Gasteiger partial charge is 0.493 e. The second-order valence-electron chi connectivity index (χ2n) is 5.91. The molecule has 1 fully saturated rings. The standard InChI is InChI=1S/C18H21FN2O4S.ClH/c1-24-17-7-6-15(11-18(17)25-2)26(22,23)21-9-8-20-12-16(21)13-4-3-5-14(19)10-13;/h3-7,10-11,16,20H,8-9,12H2,1-2H3;1H. The van der Waals surface area contributed by atoms with Crippen molar-refractivity contribution in [1.29, 1.82) is 0 Å². The molecule has 3 rings (SSSR count). The zero-order valence-electron chi connectivity index (χ0n) is 15.0. The Balaban J connectivity index is 0.00000261. The van der Waals surface area contributed by atoms with Gasteiger partial charge in [0.15, 0.2) is 11.5 Å². The van der Waals surface area contributed by atoms with E-state index >= 15 is 0 Å². The van der Waals surface area contributed by atoms with Crippen LogP contribution >= 0.6 is 12.4 Å². The van der Waals surface area contributed by atoms with Crippen molar-refractivity contribution in [3.8, 4) is 11.5 Å². The summed E-state index contributed by atoms with van der Waals surface area (Å²) < 4.78 is 51.9. The summed E-state index contributed by atoms with van der Waals surface area (Å²) in [4.78, 5) is 0.110. The molecular weight excluding hydrogens is 395 g/mol. The first-order valence-electron chi connectivity index (χ1n) is 8.17. The first-order chi connectivity index (χ1) is 12.5. The molecule has 2 aromatic carbocycles. The fourth-order valence-electron chi connectivity index (χ4n) is 3.08. The molecule has 148 valence electrons. The second kappa shape index (κ2) is 8.88. The SMILES string of the molecule is COc1ccc(S(=O)(=O)N2CCNCC2c2cccc(F)c2)cc1OC.Cl. The lowest BCUT2D eigenvalue weighted by atomic mass is 10.1. The molecule has 1 atom stereocenters. The van der Waals surface area contributed by atoms with Crippen LogP contribution in [0.1, 0.15) is 11.6 Å². The minimum atomic E-state index is -3.79. The van der Waals surface area contributed by atoms with E-state index in [9.17, 15) is 12.8 Å². The Kier molecular flexibility index (Phi) is 7.05. The van der Waals surface area contributed by atoms with E-state index in [1.54, 1.807) is 18.2 Å². The van der Waals surface area contributed by atoms with Gasteiger partial charge in [-0.3, -0.25) is 0 Å². The monoisotopic (exact) mass is 416 g/mol. The van der Waals surface area contributed by atoms with E-state index in [1.165, 1.54) is 42.8 Å². The Morgan fingerprint density at radius 1 is 1.11 bits per heavy atom. The molecule has 0 bridgehead atoms. The number of hydrogen-bond acceptors (Lipinski definition) is 5. The Labute approximate surface area is 164 Å². The third-order valence-electron chi connectivity index (χ3n) is 4.39. The molecule has 0 radical (unpaired) electrons. The smallest absolute Gasteiger partial charge is 0.243 e. The number of rotatable bonds is 5. The number of piperazine rings is 1. The van der Waals surface area contributed by atoms with E-state index in [4.69, 9.17) is 9.47 Å². The minimum absolute atomic E-state index is 0. The molecule has 0 aromatic heterocycles. The molecule has 0 aliphatic carbocycles. The summed E-state index contributed by atoms with van der Waals surface area (Å²) in [6, 6.07) is 10.0. The van der Waals surface area contributed by atoms with Gasteiger partial charge in [0, 0.05) is 25.7 Å². The quantitative estimate of drug-likeness (QED) is 0.811. The maximum Gasteiger partial charge on any atom is 0.243 e. The molecule has 6 nitrogen and oxygen atoms in total. The molecule has 1 unspecified atom stereocenters. The highest BCUT2D eigenvalue weighted by molar-refractivity contribution is 7.89. The van der Waals surface area contributed by atoms with Crippen molar-refractivity contribution in [2.24, 2.45) is 0 Å². The van der Waals surface area contributed by atoms with Gasteiger partial charge in [-0.1, -0.05) is 12.1 Å². The molecule has 0 amide bonds. The van der Waals surface area contributed by atoms with E-state index < -0.39 is 21.9 Å². The predicted octanol–water partition coefficient (Wildman–Crippen LogP) is 2.60. The molecule has 2 aromatic rings.